The zero-order chi connectivity index (χ0) is 41.7. The molecule has 0 N–H and O–H groups in total. The molecule has 0 unspecified atom stereocenters. The third-order valence-electron chi connectivity index (χ3n) is 11.9. The number of para-hydroxylation sites is 3. The van der Waals surface area contributed by atoms with Crippen LogP contribution in [0.1, 0.15) is 0 Å². The molecule has 3 heterocycles. The van der Waals surface area contributed by atoms with E-state index in [0.717, 1.165) is 88.4 Å². The topological polar surface area (TPSA) is 64.7 Å². The number of hydrogen-bond acceptors (Lipinski definition) is 5. The van der Waals surface area contributed by atoms with Gasteiger partial charge in [-0.2, -0.15) is 0 Å². The maximum Gasteiger partial charge on any atom is 0.164 e. The van der Waals surface area contributed by atoms with Gasteiger partial charge >= 0.3 is 0 Å². The fourth-order valence-electron chi connectivity index (χ4n) is 8.93. The van der Waals surface area contributed by atoms with Gasteiger partial charge in [0.1, 0.15) is 11.2 Å². The lowest BCUT2D eigenvalue weighted by Gasteiger charge is -2.16. The second-order valence-corrected chi connectivity index (χ2v) is 15.7. The van der Waals surface area contributed by atoms with Gasteiger partial charge in [-0.1, -0.05) is 206 Å². The van der Waals surface area contributed by atoms with Crippen LogP contribution in [0.2, 0.25) is 0 Å². The van der Waals surface area contributed by atoms with Crippen molar-refractivity contribution in [3.05, 3.63) is 218 Å². The summed E-state index contributed by atoms with van der Waals surface area (Å²) >= 11 is 0. The molecule has 0 atom stereocenters. The van der Waals surface area contributed by atoms with Crippen LogP contribution in [0.5, 0.6) is 0 Å². The van der Waals surface area contributed by atoms with E-state index in [1.165, 1.54) is 16.5 Å². The molecule has 0 bridgehead atoms. The van der Waals surface area contributed by atoms with Crippen LogP contribution in [-0.4, -0.2) is 19.9 Å². The number of rotatable bonds is 7. The minimum atomic E-state index is 0.590. The Morgan fingerprint density at radius 2 is 0.762 bits per heavy atom. The molecule has 5 heteroatoms. The zero-order valence-electron chi connectivity index (χ0n) is 34.0. The highest BCUT2D eigenvalue weighted by Crippen LogP contribution is 2.42. The minimum absolute atomic E-state index is 0.590. The lowest BCUT2D eigenvalue weighted by Crippen LogP contribution is -2.00. The molecule has 0 amide bonds. The van der Waals surface area contributed by atoms with Crippen LogP contribution in [0.4, 0.5) is 0 Å². The standard InChI is InChI=1S/C58H36N4O/c1-4-16-37(17-5-1)44-25-13-29-49-52(44)50-30-14-26-45(54(50)59-53(49)39-18-6-2-7-19-39)42-22-12-23-43(36-42)58-61-56(40-20-8-3-9-21-40)60-57(62-58)41-34-32-38(33-35-41)46-27-15-28-48-47-24-10-11-31-51(47)63-55(46)48/h1-36H. The first kappa shape index (κ1) is 36.3. The van der Waals surface area contributed by atoms with E-state index < -0.39 is 0 Å². The number of aromatic nitrogens is 4. The van der Waals surface area contributed by atoms with Crippen molar-refractivity contribution in [1.82, 2.24) is 19.9 Å². The molecule has 0 saturated heterocycles. The molecular weight excluding hydrogens is 769 g/mol. The first-order chi connectivity index (χ1) is 31.2. The van der Waals surface area contributed by atoms with Crippen molar-refractivity contribution in [1.29, 1.82) is 0 Å². The number of fused-ring (bicyclic) bond motifs is 6. The molecule has 0 saturated carbocycles. The van der Waals surface area contributed by atoms with Gasteiger partial charge in [0.2, 0.25) is 0 Å². The summed E-state index contributed by atoms with van der Waals surface area (Å²) in [5.74, 6) is 1.79. The average molecular weight is 805 g/mol. The highest BCUT2D eigenvalue weighted by Gasteiger charge is 2.19. The first-order valence-electron chi connectivity index (χ1n) is 21.1. The Hall–Kier alpha value is -8.54. The van der Waals surface area contributed by atoms with E-state index in [1.807, 2.05) is 54.6 Å². The highest BCUT2D eigenvalue weighted by atomic mass is 16.3. The van der Waals surface area contributed by atoms with Gasteiger partial charge in [-0.15, -0.1) is 0 Å². The number of furan rings is 1. The van der Waals surface area contributed by atoms with Gasteiger partial charge in [-0.05, 0) is 34.4 Å². The lowest BCUT2D eigenvalue weighted by molar-refractivity contribution is 0.670. The van der Waals surface area contributed by atoms with Crippen molar-refractivity contribution in [2.24, 2.45) is 0 Å². The Morgan fingerprint density at radius 3 is 1.49 bits per heavy atom. The molecule has 0 spiro atoms. The smallest absolute Gasteiger partial charge is 0.164 e. The maximum absolute atomic E-state index is 6.38. The van der Waals surface area contributed by atoms with Gasteiger partial charge in [-0.25, -0.2) is 19.9 Å². The summed E-state index contributed by atoms with van der Waals surface area (Å²) < 4.78 is 6.38. The third-order valence-corrected chi connectivity index (χ3v) is 11.9. The molecule has 0 radical (unpaired) electrons. The van der Waals surface area contributed by atoms with Crippen molar-refractivity contribution in [3.8, 4) is 78.8 Å². The molecule has 0 aliphatic carbocycles. The summed E-state index contributed by atoms with van der Waals surface area (Å²) in [5, 5.41) is 5.61. The van der Waals surface area contributed by atoms with Gasteiger partial charge in [-0.3, -0.25) is 0 Å². The molecule has 0 fully saturated rings. The second-order valence-electron chi connectivity index (χ2n) is 15.7. The SMILES string of the molecule is c1ccc(-c2nc(-c3ccc(-c4cccc5c4oc4ccccc45)cc3)nc(-c3cccc(-c4cccc5c4nc(-c4ccccc4)c4cccc(-c6ccccc6)c45)c3)n2)cc1. The van der Waals surface area contributed by atoms with Gasteiger partial charge in [0.25, 0.3) is 0 Å². The van der Waals surface area contributed by atoms with Gasteiger partial charge in [0, 0.05) is 60.3 Å². The van der Waals surface area contributed by atoms with E-state index in [9.17, 15) is 0 Å². The van der Waals surface area contributed by atoms with Crippen LogP contribution in [-0.2, 0) is 0 Å². The van der Waals surface area contributed by atoms with Crippen LogP contribution >= 0.6 is 0 Å². The lowest BCUT2D eigenvalue weighted by atomic mass is 9.91. The largest absolute Gasteiger partial charge is 0.455 e. The van der Waals surface area contributed by atoms with Crippen molar-refractivity contribution in [2.45, 2.75) is 0 Å². The minimum Gasteiger partial charge on any atom is -0.455 e. The Morgan fingerprint density at radius 1 is 0.286 bits per heavy atom. The van der Waals surface area contributed by atoms with Crippen LogP contribution < -0.4 is 0 Å². The number of hydrogen-bond donors (Lipinski definition) is 0. The molecule has 3 aromatic heterocycles. The second kappa shape index (κ2) is 15.2. The number of pyridine rings is 1. The van der Waals surface area contributed by atoms with E-state index in [2.05, 4.69) is 164 Å². The fraction of sp³-hybridized carbons (Fsp3) is 0. The van der Waals surface area contributed by atoms with Gasteiger partial charge in [0.15, 0.2) is 17.5 Å². The predicted octanol–water partition coefficient (Wildman–Crippen LogP) is 15.1. The molecule has 0 aliphatic rings. The van der Waals surface area contributed by atoms with Crippen molar-refractivity contribution < 1.29 is 4.42 Å². The molecule has 12 aromatic rings. The van der Waals surface area contributed by atoms with Crippen LogP contribution in [0.15, 0.2) is 223 Å². The maximum atomic E-state index is 6.38. The van der Waals surface area contributed by atoms with Crippen LogP contribution in [0.25, 0.3) is 122 Å². The van der Waals surface area contributed by atoms with Crippen LogP contribution in [0, 0.1) is 0 Å². The summed E-state index contributed by atoms with van der Waals surface area (Å²) in [5.41, 5.74) is 13.9. The van der Waals surface area contributed by atoms with Gasteiger partial charge in [0.05, 0.1) is 11.2 Å². The van der Waals surface area contributed by atoms with Gasteiger partial charge < -0.3 is 4.42 Å². The highest BCUT2D eigenvalue weighted by molar-refractivity contribution is 6.19. The quantitative estimate of drug-likeness (QED) is 0.150. The van der Waals surface area contributed by atoms with E-state index in [0.29, 0.717) is 17.5 Å². The van der Waals surface area contributed by atoms with E-state index in [1.54, 1.807) is 0 Å². The summed E-state index contributed by atoms with van der Waals surface area (Å²) in [6.45, 7) is 0. The van der Waals surface area contributed by atoms with Crippen LogP contribution in [0.3, 0.4) is 0 Å². The Kier molecular flexibility index (Phi) is 8.75. The summed E-state index contributed by atoms with van der Waals surface area (Å²) in [6.07, 6.45) is 0. The normalized spacial score (nSPS) is 11.5. The molecule has 294 valence electrons. The van der Waals surface area contributed by atoms with E-state index >= 15 is 0 Å². The van der Waals surface area contributed by atoms with Crippen molar-refractivity contribution in [2.75, 3.05) is 0 Å². The summed E-state index contributed by atoms with van der Waals surface area (Å²) in [6, 6.07) is 75.7. The Labute approximate surface area is 363 Å². The predicted molar refractivity (Wildman–Crippen MR) is 258 cm³/mol. The summed E-state index contributed by atoms with van der Waals surface area (Å²) in [7, 11) is 0. The molecule has 9 aromatic carbocycles. The Bertz CT molecular complexity index is 3660. The van der Waals surface area contributed by atoms with Crippen molar-refractivity contribution in [3.63, 3.8) is 0 Å². The zero-order valence-corrected chi connectivity index (χ0v) is 34.0. The fourth-order valence-corrected chi connectivity index (χ4v) is 8.93. The number of benzene rings is 9. The van der Waals surface area contributed by atoms with E-state index in [-0.39, 0.29) is 0 Å². The molecular formula is C58H36N4O. The molecule has 63 heavy (non-hydrogen) atoms. The molecule has 12 rings (SSSR count). The molecule has 0 aliphatic heterocycles. The third kappa shape index (κ3) is 6.42. The first-order valence-corrected chi connectivity index (χ1v) is 21.1. The average Bonchev–Trinajstić information content (AvgIpc) is 3.76. The summed E-state index contributed by atoms with van der Waals surface area (Å²) in [4.78, 5) is 20.8. The van der Waals surface area contributed by atoms with Crippen molar-refractivity contribution >= 4 is 43.6 Å². The monoisotopic (exact) mass is 804 g/mol. The molecule has 5 nitrogen and oxygen atoms in total. The Balaban J connectivity index is 0.997. The van der Waals surface area contributed by atoms with E-state index in [4.69, 9.17) is 24.4 Å². The number of nitrogens with zero attached hydrogens (tertiary/aromatic N) is 4.